The van der Waals surface area contributed by atoms with E-state index in [-0.39, 0.29) is 29.3 Å². The number of carbonyl (C=O) groups is 2. The van der Waals surface area contributed by atoms with Gasteiger partial charge in [-0.25, -0.2) is 23.1 Å². The lowest BCUT2D eigenvalue weighted by atomic mass is 9.79. The fourth-order valence-electron chi connectivity index (χ4n) is 6.47. The number of fused-ring (bicyclic) bond motifs is 3. The fraction of sp³-hybridized carbons (Fsp3) is 0.176. The van der Waals surface area contributed by atoms with Gasteiger partial charge in [0.2, 0.25) is 5.91 Å². The first-order valence-corrected chi connectivity index (χ1v) is 13.9. The van der Waals surface area contributed by atoms with Crippen LogP contribution in [0, 0.1) is 17.5 Å². The van der Waals surface area contributed by atoms with E-state index in [2.05, 4.69) is 15.3 Å². The molecule has 2 aliphatic heterocycles. The number of hydrogen-bond donors (Lipinski definition) is 1. The van der Waals surface area contributed by atoms with Gasteiger partial charge in [0.15, 0.2) is 5.66 Å². The number of rotatable bonds is 5. The molecule has 4 aromatic rings. The van der Waals surface area contributed by atoms with E-state index in [0.717, 1.165) is 40.5 Å². The second-order valence-corrected chi connectivity index (χ2v) is 11.3. The first-order chi connectivity index (χ1) is 20.7. The maximum Gasteiger partial charge on any atom is 0.275 e. The summed E-state index contributed by atoms with van der Waals surface area (Å²) < 4.78 is 43.2. The van der Waals surface area contributed by atoms with Gasteiger partial charge in [0, 0.05) is 35.5 Å². The van der Waals surface area contributed by atoms with Crippen LogP contribution in [-0.2, 0) is 33.5 Å². The molecule has 3 heterocycles. The predicted molar refractivity (Wildman–Crippen MR) is 156 cm³/mol. The van der Waals surface area contributed by atoms with E-state index in [4.69, 9.17) is 0 Å². The lowest BCUT2D eigenvalue weighted by Gasteiger charge is -2.32. The smallest absolute Gasteiger partial charge is 0.275 e. The molecular weight excluding hydrogens is 553 g/mol. The van der Waals surface area contributed by atoms with Gasteiger partial charge < -0.3 is 10.2 Å². The highest BCUT2D eigenvalue weighted by molar-refractivity contribution is 6.46. The lowest BCUT2D eigenvalue weighted by molar-refractivity contribution is -0.126. The molecule has 1 aliphatic carbocycles. The molecule has 0 bridgehead atoms. The monoisotopic (exact) mass is 578 g/mol. The molecule has 3 aromatic carbocycles. The first-order valence-electron chi connectivity index (χ1n) is 13.9. The Morgan fingerprint density at radius 2 is 1.70 bits per heavy atom. The Morgan fingerprint density at radius 3 is 2.49 bits per heavy atom. The average Bonchev–Trinajstić information content (AvgIpc) is 3.58. The summed E-state index contributed by atoms with van der Waals surface area (Å²) in [6.45, 7) is 1.62. The molecule has 2 atom stereocenters. The van der Waals surface area contributed by atoms with Crippen molar-refractivity contribution in [3.8, 4) is 0 Å². The summed E-state index contributed by atoms with van der Waals surface area (Å²) in [5.41, 5.74) is 1.76. The molecule has 0 saturated heterocycles. The van der Waals surface area contributed by atoms with Gasteiger partial charge in [0.1, 0.15) is 29.0 Å². The lowest BCUT2D eigenvalue weighted by Crippen LogP contribution is -2.43. The third kappa shape index (κ3) is 4.26. The van der Waals surface area contributed by atoms with Gasteiger partial charge in [-0.1, -0.05) is 48.6 Å². The van der Waals surface area contributed by atoms with Gasteiger partial charge in [-0.15, -0.1) is 0 Å². The average molecular weight is 579 g/mol. The van der Waals surface area contributed by atoms with E-state index in [1.165, 1.54) is 23.1 Å². The number of pyridine rings is 1. The minimum absolute atomic E-state index is 0.0161. The van der Waals surface area contributed by atoms with Gasteiger partial charge in [-0.2, -0.15) is 0 Å². The zero-order valence-corrected chi connectivity index (χ0v) is 23.1. The van der Waals surface area contributed by atoms with Gasteiger partial charge in [-0.3, -0.25) is 9.59 Å². The number of aliphatic imine (C=N–C) groups is 1. The maximum absolute atomic E-state index is 14.7. The Balaban J connectivity index is 1.18. The summed E-state index contributed by atoms with van der Waals surface area (Å²) in [6, 6.07) is 18.5. The molecule has 7 rings (SSSR count). The highest BCUT2D eigenvalue weighted by Crippen LogP contribution is 2.46. The van der Waals surface area contributed by atoms with Crippen LogP contribution in [0.3, 0.4) is 0 Å². The van der Waals surface area contributed by atoms with Crippen LogP contribution in [-0.4, -0.2) is 34.0 Å². The summed E-state index contributed by atoms with van der Waals surface area (Å²) in [5, 5.41) is 2.91. The van der Waals surface area contributed by atoms with Crippen molar-refractivity contribution in [1.29, 1.82) is 0 Å². The predicted octanol–water partition coefficient (Wildman–Crippen LogP) is 5.71. The number of halogens is 3. The van der Waals surface area contributed by atoms with Crippen molar-refractivity contribution < 1.29 is 22.8 Å². The number of benzene rings is 3. The van der Waals surface area contributed by atoms with Crippen molar-refractivity contribution in [2.75, 3.05) is 11.9 Å². The molecule has 0 radical (unpaired) electrons. The van der Waals surface area contributed by atoms with Crippen LogP contribution in [0.15, 0.2) is 90.1 Å². The van der Waals surface area contributed by atoms with Gasteiger partial charge in [0.25, 0.3) is 5.91 Å². The van der Waals surface area contributed by atoms with Crippen LogP contribution in [0.1, 0.15) is 40.3 Å². The maximum atomic E-state index is 14.7. The molecule has 0 fully saturated rings. The zero-order chi connectivity index (χ0) is 29.9. The molecule has 214 valence electrons. The van der Waals surface area contributed by atoms with Crippen LogP contribution in [0.4, 0.5) is 19.0 Å². The molecule has 2 amide bonds. The molecule has 9 heteroatoms. The second-order valence-electron chi connectivity index (χ2n) is 11.3. The molecule has 6 nitrogen and oxygen atoms in total. The third-order valence-electron chi connectivity index (χ3n) is 8.64. The summed E-state index contributed by atoms with van der Waals surface area (Å²) in [7, 11) is 0. The normalized spacial score (nSPS) is 22.3. The largest absolute Gasteiger partial charge is 0.310 e. The van der Waals surface area contributed by atoms with Crippen LogP contribution >= 0.6 is 0 Å². The van der Waals surface area contributed by atoms with Gasteiger partial charge in [-0.05, 0) is 66.8 Å². The summed E-state index contributed by atoms with van der Waals surface area (Å²) in [6.07, 6.45) is 6.39. The second kappa shape index (κ2) is 9.76. The number of anilines is 1. The van der Waals surface area contributed by atoms with Crippen molar-refractivity contribution in [3.63, 3.8) is 0 Å². The fourth-order valence-corrected chi connectivity index (χ4v) is 6.47. The number of carbonyl (C=O) groups excluding carboxylic acids is 2. The van der Waals surface area contributed by atoms with Crippen LogP contribution in [0.5, 0.6) is 0 Å². The highest BCUT2D eigenvalue weighted by Gasteiger charge is 2.51. The van der Waals surface area contributed by atoms with Crippen molar-refractivity contribution in [2.24, 2.45) is 4.99 Å². The molecular formula is C34H25F3N4O2. The number of nitrogens with one attached hydrogen (secondary N) is 1. The van der Waals surface area contributed by atoms with Crippen molar-refractivity contribution in [1.82, 2.24) is 9.88 Å². The van der Waals surface area contributed by atoms with Crippen molar-refractivity contribution in [2.45, 2.75) is 30.8 Å². The highest BCUT2D eigenvalue weighted by atomic mass is 19.1. The number of nitrogens with zero attached hydrogens (tertiary/aromatic N) is 3. The number of hydrogen-bond acceptors (Lipinski definition) is 4. The van der Waals surface area contributed by atoms with E-state index in [9.17, 15) is 22.8 Å². The van der Waals surface area contributed by atoms with Crippen LogP contribution < -0.4 is 5.32 Å². The topological polar surface area (TPSA) is 74.7 Å². The molecule has 3 aliphatic rings. The molecule has 1 aromatic heterocycles. The Morgan fingerprint density at radius 1 is 0.930 bits per heavy atom. The van der Waals surface area contributed by atoms with E-state index < -0.39 is 34.4 Å². The zero-order valence-electron chi connectivity index (χ0n) is 23.1. The van der Waals surface area contributed by atoms with Crippen molar-refractivity contribution in [3.05, 3.63) is 136 Å². The number of aromatic nitrogens is 1. The standard InChI is InChI=1S/C34H25F3N4O2/c1-33(23-15-24(35)17-25(36)16-23)40-29(26-7-2-3-9-28(26)37)31(42)41(33)13-5-6-20-10-11-21-18-34(19-22(21)14-20)27-8-4-12-38-30(27)39-32(34)43/h2-12,14-17H,13,18-19H2,1H3,(H,38,39,43)/t33-,34?/m1/s1. The molecule has 1 spiro atoms. The molecule has 0 saturated carbocycles. The summed E-state index contributed by atoms with van der Waals surface area (Å²) >= 11 is 0. The van der Waals surface area contributed by atoms with E-state index in [1.807, 2.05) is 36.4 Å². The Kier molecular flexibility index (Phi) is 6.09. The Labute approximate surface area is 245 Å². The van der Waals surface area contributed by atoms with E-state index in [1.54, 1.807) is 25.3 Å². The molecule has 1 unspecified atom stereocenters. The minimum atomic E-state index is -1.48. The van der Waals surface area contributed by atoms with Crippen LogP contribution in [0.25, 0.3) is 6.08 Å². The van der Waals surface area contributed by atoms with Crippen molar-refractivity contribution >= 4 is 29.4 Å². The third-order valence-corrected chi connectivity index (χ3v) is 8.64. The van der Waals surface area contributed by atoms with Gasteiger partial charge in [0.05, 0.1) is 5.41 Å². The molecule has 43 heavy (non-hydrogen) atoms. The van der Waals surface area contributed by atoms with E-state index in [0.29, 0.717) is 18.7 Å². The SMILES string of the molecule is C[C@@]1(c2cc(F)cc(F)c2)N=C(c2ccccc2F)C(=O)N1CC=Cc1ccc2c(c1)CC1(C2)C(=O)Nc2ncccc21. The van der Waals surface area contributed by atoms with E-state index >= 15 is 0 Å². The quantitative estimate of drug-likeness (QED) is 0.330. The van der Waals surface area contributed by atoms with Gasteiger partial charge >= 0.3 is 0 Å². The summed E-state index contributed by atoms with van der Waals surface area (Å²) in [4.78, 5) is 36.9. The minimum Gasteiger partial charge on any atom is -0.310 e. The Hall–Kier alpha value is -5.05. The Bertz CT molecular complexity index is 1880. The van der Waals surface area contributed by atoms with Crippen LogP contribution in [0.2, 0.25) is 0 Å². The first kappa shape index (κ1) is 26.8. The number of amides is 2. The molecule has 1 N–H and O–H groups in total. The summed E-state index contributed by atoms with van der Waals surface area (Å²) in [5.74, 6) is -2.24.